The van der Waals surface area contributed by atoms with Gasteiger partial charge in [-0.15, -0.1) is 0 Å². The van der Waals surface area contributed by atoms with Gasteiger partial charge >= 0.3 is 0 Å². The van der Waals surface area contributed by atoms with Crippen LogP contribution in [0.15, 0.2) is 54.6 Å². The van der Waals surface area contributed by atoms with Crippen LogP contribution in [-0.2, 0) is 16.0 Å². The van der Waals surface area contributed by atoms with Gasteiger partial charge in [0.05, 0.1) is 6.10 Å². The molecule has 0 atom stereocenters. The van der Waals surface area contributed by atoms with Crippen LogP contribution in [0.2, 0.25) is 0 Å². The Balaban J connectivity index is 1.51. The molecule has 142 valence electrons. The molecule has 1 aliphatic rings. The number of carbonyl (C=O) groups excluding carboxylic acids is 2. The molecular formula is C22H26N2O3. The van der Waals surface area contributed by atoms with Gasteiger partial charge in [0.2, 0.25) is 11.8 Å². The SMILES string of the molecule is CC(C)Oc1ccc(NC(=O)C2(C(=O)NCCc3ccccc3)CC2)cc1. The third-order valence-corrected chi connectivity index (χ3v) is 4.65. The summed E-state index contributed by atoms with van der Waals surface area (Å²) in [4.78, 5) is 25.2. The summed E-state index contributed by atoms with van der Waals surface area (Å²) in [6.45, 7) is 4.45. The van der Waals surface area contributed by atoms with E-state index in [0.29, 0.717) is 25.1 Å². The summed E-state index contributed by atoms with van der Waals surface area (Å²) in [5, 5.41) is 5.77. The molecule has 0 aromatic heterocycles. The Hall–Kier alpha value is -2.82. The van der Waals surface area contributed by atoms with Crippen LogP contribution in [0.25, 0.3) is 0 Å². The Morgan fingerprint density at radius 3 is 2.26 bits per heavy atom. The number of carbonyl (C=O) groups is 2. The third-order valence-electron chi connectivity index (χ3n) is 4.65. The lowest BCUT2D eigenvalue weighted by atomic mass is 10.0. The Bertz CT molecular complexity index is 781. The molecule has 27 heavy (non-hydrogen) atoms. The maximum atomic E-state index is 12.6. The highest BCUT2D eigenvalue weighted by Gasteiger charge is 2.56. The molecule has 0 spiro atoms. The van der Waals surface area contributed by atoms with E-state index in [4.69, 9.17) is 4.74 Å². The van der Waals surface area contributed by atoms with E-state index in [1.807, 2.05) is 56.3 Å². The molecular weight excluding hydrogens is 340 g/mol. The van der Waals surface area contributed by atoms with Gasteiger partial charge in [-0.3, -0.25) is 9.59 Å². The van der Waals surface area contributed by atoms with Gasteiger partial charge in [0.1, 0.15) is 11.2 Å². The molecule has 0 saturated heterocycles. The van der Waals surface area contributed by atoms with Gasteiger partial charge in [-0.1, -0.05) is 30.3 Å². The Kier molecular flexibility index (Phi) is 5.79. The fourth-order valence-corrected chi connectivity index (χ4v) is 2.96. The molecule has 0 radical (unpaired) electrons. The van der Waals surface area contributed by atoms with Crippen LogP contribution in [0.4, 0.5) is 5.69 Å². The van der Waals surface area contributed by atoms with Gasteiger partial charge in [-0.05, 0) is 62.9 Å². The number of hydrogen-bond donors (Lipinski definition) is 2. The van der Waals surface area contributed by atoms with Crippen molar-refractivity contribution in [3.63, 3.8) is 0 Å². The standard InChI is InChI=1S/C22H26N2O3/c1-16(2)27-19-10-8-18(9-11-19)24-21(26)22(13-14-22)20(25)23-15-12-17-6-4-3-5-7-17/h3-11,16H,12-15H2,1-2H3,(H,23,25)(H,24,26). The average Bonchev–Trinajstić information content (AvgIpc) is 3.46. The zero-order chi connectivity index (χ0) is 19.3. The van der Waals surface area contributed by atoms with E-state index in [9.17, 15) is 9.59 Å². The van der Waals surface area contributed by atoms with Gasteiger partial charge in [0.15, 0.2) is 0 Å². The lowest BCUT2D eigenvalue weighted by molar-refractivity contribution is -0.134. The van der Waals surface area contributed by atoms with E-state index < -0.39 is 5.41 Å². The van der Waals surface area contributed by atoms with Crippen LogP contribution in [-0.4, -0.2) is 24.5 Å². The van der Waals surface area contributed by atoms with Crippen molar-refractivity contribution in [3.8, 4) is 5.75 Å². The maximum Gasteiger partial charge on any atom is 0.240 e. The molecule has 5 nitrogen and oxygen atoms in total. The lowest BCUT2D eigenvalue weighted by Crippen LogP contribution is -2.40. The second-order valence-corrected chi connectivity index (χ2v) is 7.22. The molecule has 0 unspecified atom stereocenters. The summed E-state index contributed by atoms with van der Waals surface area (Å²) >= 11 is 0. The monoisotopic (exact) mass is 366 g/mol. The zero-order valence-electron chi connectivity index (χ0n) is 15.8. The van der Waals surface area contributed by atoms with Crippen molar-refractivity contribution in [1.29, 1.82) is 0 Å². The minimum absolute atomic E-state index is 0.0970. The van der Waals surface area contributed by atoms with Crippen molar-refractivity contribution >= 4 is 17.5 Å². The van der Waals surface area contributed by atoms with Crippen molar-refractivity contribution in [2.24, 2.45) is 5.41 Å². The molecule has 1 fully saturated rings. The second kappa shape index (κ2) is 8.25. The Morgan fingerprint density at radius 2 is 1.67 bits per heavy atom. The summed E-state index contributed by atoms with van der Waals surface area (Å²) in [5.74, 6) is 0.329. The van der Waals surface area contributed by atoms with Crippen molar-refractivity contribution < 1.29 is 14.3 Å². The van der Waals surface area contributed by atoms with Crippen molar-refractivity contribution in [3.05, 3.63) is 60.2 Å². The number of benzene rings is 2. The summed E-state index contributed by atoms with van der Waals surface area (Å²) in [6.07, 6.45) is 2.02. The van der Waals surface area contributed by atoms with Crippen molar-refractivity contribution in [2.75, 3.05) is 11.9 Å². The number of nitrogens with one attached hydrogen (secondary N) is 2. The smallest absolute Gasteiger partial charge is 0.240 e. The fourth-order valence-electron chi connectivity index (χ4n) is 2.96. The van der Waals surface area contributed by atoms with Gasteiger partial charge < -0.3 is 15.4 Å². The van der Waals surface area contributed by atoms with E-state index in [0.717, 1.165) is 17.7 Å². The highest BCUT2D eigenvalue weighted by molar-refractivity contribution is 6.13. The summed E-state index contributed by atoms with van der Waals surface area (Å²) in [7, 11) is 0. The number of anilines is 1. The molecule has 1 aliphatic carbocycles. The largest absolute Gasteiger partial charge is 0.491 e. The summed E-state index contributed by atoms with van der Waals surface area (Å²) in [6, 6.07) is 17.2. The Labute approximate surface area is 160 Å². The van der Waals surface area contributed by atoms with E-state index in [-0.39, 0.29) is 17.9 Å². The average molecular weight is 366 g/mol. The maximum absolute atomic E-state index is 12.6. The van der Waals surface area contributed by atoms with Crippen molar-refractivity contribution in [1.82, 2.24) is 5.32 Å². The normalized spacial score (nSPS) is 14.5. The van der Waals surface area contributed by atoms with Gasteiger partial charge in [0, 0.05) is 12.2 Å². The first kappa shape index (κ1) is 19.0. The van der Waals surface area contributed by atoms with Crippen molar-refractivity contribution in [2.45, 2.75) is 39.2 Å². The van der Waals surface area contributed by atoms with E-state index in [1.165, 1.54) is 0 Å². The first-order chi connectivity index (χ1) is 13.0. The molecule has 0 heterocycles. The lowest BCUT2D eigenvalue weighted by Gasteiger charge is -2.16. The molecule has 5 heteroatoms. The second-order valence-electron chi connectivity index (χ2n) is 7.22. The quantitative estimate of drug-likeness (QED) is 0.702. The first-order valence-electron chi connectivity index (χ1n) is 9.40. The minimum atomic E-state index is -0.927. The van der Waals surface area contributed by atoms with Crippen LogP contribution in [0.5, 0.6) is 5.75 Å². The highest BCUT2D eigenvalue weighted by Crippen LogP contribution is 2.46. The highest BCUT2D eigenvalue weighted by atomic mass is 16.5. The molecule has 2 aromatic rings. The number of rotatable bonds is 8. The molecule has 2 N–H and O–H groups in total. The van der Waals surface area contributed by atoms with Crippen LogP contribution >= 0.6 is 0 Å². The molecule has 0 aliphatic heterocycles. The third kappa shape index (κ3) is 4.88. The van der Waals surface area contributed by atoms with Crippen LogP contribution in [0, 0.1) is 5.41 Å². The predicted octanol–water partition coefficient (Wildman–Crippen LogP) is 3.55. The van der Waals surface area contributed by atoms with Crippen LogP contribution in [0.1, 0.15) is 32.3 Å². The molecule has 0 bridgehead atoms. The number of hydrogen-bond acceptors (Lipinski definition) is 3. The molecule has 2 amide bonds. The molecule has 1 saturated carbocycles. The Morgan fingerprint density at radius 1 is 1.00 bits per heavy atom. The van der Waals surface area contributed by atoms with Gasteiger partial charge in [0.25, 0.3) is 0 Å². The van der Waals surface area contributed by atoms with Gasteiger partial charge in [-0.2, -0.15) is 0 Å². The summed E-state index contributed by atoms with van der Waals surface area (Å²) < 4.78 is 5.60. The first-order valence-corrected chi connectivity index (χ1v) is 9.40. The molecule has 2 aromatic carbocycles. The topological polar surface area (TPSA) is 67.4 Å². The fraction of sp³-hybridized carbons (Fsp3) is 0.364. The minimum Gasteiger partial charge on any atom is -0.491 e. The molecule has 3 rings (SSSR count). The number of ether oxygens (including phenoxy) is 1. The van der Waals surface area contributed by atoms with E-state index >= 15 is 0 Å². The van der Waals surface area contributed by atoms with Gasteiger partial charge in [-0.25, -0.2) is 0 Å². The number of amides is 2. The van der Waals surface area contributed by atoms with E-state index in [1.54, 1.807) is 12.1 Å². The van der Waals surface area contributed by atoms with Crippen LogP contribution in [0.3, 0.4) is 0 Å². The predicted molar refractivity (Wildman–Crippen MR) is 106 cm³/mol. The van der Waals surface area contributed by atoms with Crippen LogP contribution < -0.4 is 15.4 Å². The zero-order valence-corrected chi connectivity index (χ0v) is 15.8. The summed E-state index contributed by atoms with van der Waals surface area (Å²) in [5.41, 5.74) is 0.902. The van der Waals surface area contributed by atoms with E-state index in [2.05, 4.69) is 10.6 Å².